The van der Waals surface area contributed by atoms with Crippen LogP contribution in [0.3, 0.4) is 0 Å². The Balaban J connectivity index is 1.49. The number of nitrogens with one attached hydrogen (secondary N) is 2. The van der Waals surface area contributed by atoms with E-state index in [1.54, 1.807) is 17.8 Å². The second-order valence-electron chi connectivity index (χ2n) is 9.34. The van der Waals surface area contributed by atoms with Gasteiger partial charge in [-0.25, -0.2) is 8.78 Å². The zero-order valence-electron chi connectivity index (χ0n) is 21.5. The fraction of sp³-hybridized carbons (Fsp3) is 0.267. The topological polar surface area (TPSA) is 79.2 Å². The lowest BCUT2D eigenvalue weighted by Crippen LogP contribution is -2.48. The van der Waals surface area contributed by atoms with Crippen molar-refractivity contribution in [1.29, 1.82) is 0 Å². The molecule has 8 heteroatoms. The molecule has 0 spiro atoms. The Morgan fingerprint density at radius 1 is 0.947 bits per heavy atom. The van der Waals surface area contributed by atoms with E-state index in [2.05, 4.69) is 34.8 Å². The number of nitrogens with zero attached hydrogens (tertiary/aromatic N) is 2. The summed E-state index contributed by atoms with van der Waals surface area (Å²) in [5.74, 6) is -1.92. The summed E-state index contributed by atoms with van der Waals surface area (Å²) in [7, 11) is 1.75. The van der Waals surface area contributed by atoms with Crippen LogP contribution >= 0.6 is 0 Å². The molecule has 1 heterocycles. The van der Waals surface area contributed by atoms with Crippen LogP contribution in [0, 0.1) is 11.6 Å². The number of rotatable bonds is 11. The predicted molar refractivity (Wildman–Crippen MR) is 143 cm³/mol. The minimum absolute atomic E-state index is 0.0347. The fourth-order valence-corrected chi connectivity index (χ4v) is 4.43. The van der Waals surface area contributed by atoms with Crippen LogP contribution in [0.15, 0.2) is 78.9 Å². The summed E-state index contributed by atoms with van der Waals surface area (Å²) in [6, 6.07) is 21.7. The number of aryl methyl sites for hydroxylation is 2. The van der Waals surface area contributed by atoms with E-state index in [1.165, 1.54) is 17.7 Å². The molecule has 1 aromatic heterocycles. The van der Waals surface area contributed by atoms with Gasteiger partial charge >= 0.3 is 0 Å². The molecular formula is C30H32F2N4O2. The fourth-order valence-electron chi connectivity index (χ4n) is 4.43. The van der Waals surface area contributed by atoms with E-state index < -0.39 is 29.7 Å². The van der Waals surface area contributed by atoms with Gasteiger partial charge < -0.3 is 15.7 Å². The summed E-state index contributed by atoms with van der Waals surface area (Å²) in [4.78, 5) is 13.2. The van der Waals surface area contributed by atoms with Gasteiger partial charge in [0.25, 0.3) is 5.91 Å². The maximum Gasteiger partial charge on any atom is 0.272 e. The number of aromatic nitrogens is 2. The number of hydrogen-bond donors (Lipinski definition) is 3. The highest BCUT2D eigenvalue weighted by Gasteiger charge is 2.24. The minimum atomic E-state index is -1.03. The summed E-state index contributed by atoms with van der Waals surface area (Å²) in [6.45, 7) is 2.78. The third-order valence-corrected chi connectivity index (χ3v) is 6.42. The molecule has 0 saturated carbocycles. The van der Waals surface area contributed by atoms with Crippen molar-refractivity contribution in [3.8, 4) is 11.3 Å². The van der Waals surface area contributed by atoms with Gasteiger partial charge in [-0.3, -0.25) is 9.48 Å². The molecule has 198 valence electrons. The van der Waals surface area contributed by atoms with Crippen LogP contribution in [-0.2, 0) is 26.4 Å². The largest absolute Gasteiger partial charge is 0.390 e. The second kappa shape index (κ2) is 12.6. The molecule has 3 N–H and O–H groups in total. The molecule has 0 bridgehead atoms. The lowest BCUT2D eigenvalue weighted by molar-refractivity contribution is 0.0824. The number of benzene rings is 3. The van der Waals surface area contributed by atoms with Crippen molar-refractivity contribution in [2.45, 2.75) is 38.5 Å². The zero-order valence-corrected chi connectivity index (χ0v) is 21.5. The molecule has 2 atom stereocenters. The van der Waals surface area contributed by atoms with Gasteiger partial charge in [0.15, 0.2) is 5.69 Å². The molecule has 38 heavy (non-hydrogen) atoms. The molecule has 0 radical (unpaired) electrons. The Labute approximate surface area is 221 Å². The van der Waals surface area contributed by atoms with E-state index in [4.69, 9.17) is 0 Å². The van der Waals surface area contributed by atoms with Crippen LogP contribution in [0.4, 0.5) is 8.78 Å². The average Bonchev–Trinajstić information content (AvgIpc) is 3.30. The van der Waals surface area contributed by atoms with Crippen molar-refractivity contribution in [2.75, 3.05) is 6.54 Å². The third kappa shape index (κ3) is 7.12. The Bertz CT molecular complexity index is 1350. The number of carbonyl (C=O) groups excluding carboxylic acids is 1. The third-order valence-electron chi connectivity index (χ3n) is 6.42. The molecule has 4 rings (SSSR count). The van der Waals surface area contributed by atoms with E-state index in [1.807, 2.05) is 42.5 Å². The number of carbonyl (C=O) groups is 1. The summed E-state index contributed by atoms with van der Waals surface area (Å²) >= 11 is 0. The molecule has 0 saturated heterocycles. The van der Waals surface area contributed by atoms with E-state index in [0.717, 1.165) is 29.3 Å². The molecular weight excluding hydrogens is 486 g/mol. The molecule has 6 nitrogen and oxygen atoms in total. The van der Waals surface area contributed by atoms with Gasteiger partial charge in [-0.15, -0.1) is 0 Å². The molecule has 4 aromatic rings. The average molecular weight is 519 g/mol. The number of aliphatic hydroxyl groups excluding tert-OH is 1. The molecule has 0 fully saturated rings. The first-order valence-electron chi connectivity index (χ1n) is 12.6. The van der Waals surface area contributed by atoms with Gasteiger partial charge in [0.2, 0.25) is 0 Å². The molecule has 1 amide bonds. The smallest absolute Gasteiger partial charge is 0.272 e. The standard InChI is InChI=1S/C30H32F2N4O2/c1-3-20-8-7-9-21(12-20)18-33-19-29(37)26(15-22-13-24(31)16-25(32)14-22)34-30(38)27-17-28(36(2)35-27)23-10-5-4-6-11-23/h4-14,16-17,26,29,33,37H,3,15,18-19H2,1-2H3,(H,34,38). The van der Waals surface area contributed by atoms with Crippen LogP contribution in [0.5, 0.6) is 0 Å². The van der Waals surface area contributed by atoms with Crippen LogP contribution in [0.1, 0.15) is 34.1 Å². The maximum absolute atomic E-state index is 13.9. The molecule has 0 aliphatic rings. The van der Waals surface area contributed by atoms with Crippen molar-refractivity contribution in [2.24, 2.45) is 7.05 Å². The number of amides is 1. The first-order valence-corrected chi connectivity index (χ1v) is 12.6. The van der Waals surface area contributed by atoms with Gasteiger partial charge in [0, 0.05) is 26.2 Å². The summed E-state index contributed by atoms with van der Waals surface area (Å²) in [5, 5.41) is 21.4. The monoisotopic (exact) mass is 518 g/mol. The van der Waals surface area contributed by atoms with Crippen molar-refractivity contribution in [3.63, 3.8) is 0 Å². The van der Waals surface area contributed by atoms with E-state index in [9.17, 15) is 18.7 Å². The second-order valence-corrected chi connectivity index (χ2v) is 9.34. The highest BCUT2D eigenvalue weighted by Crippen LogP contribution is 2.20. The Hall–Kier alpha value is -3.88. The summed E-state index contributed by atoms with van der Waals surface area (Å²) < 4.78 is 29.3. The lowest BCUT2D eigenvalue weighted by atomic mass is 10.00. The lowest BCUT2D eigenvalue weighted by Gasteiger charge is -2.24. The molecule has 0 aliphatic heterocycles. The van der Waals surface area contributed by atoms with E-state index in [-0.39, 0.29) is 18.7 Å². The first-order chi connectivity index (χ1) is 18.3. The maximum atomic E-state index is 13.9. The van der Waals surface area contributed by atoms with Gasteiger partial charge in [-0.1, -0.05) is 61.5 Å². The Kier molecular flexibility index (Phi) is 8.99. The molecule has 0 aliphatic carbocycles. The van der Waals surface area contributed by atoms with Crippen molar-refractivity contribution < 1.29 is 18.7 Å². The number of hydrogen-bond acceptors (Lipinski definition) is 4. The SMILES string of the molecule is CCc1cccc(CNCC(O)C(Cc2cc(F)cc(F)c2)NC(=O)c2cc(-c3ccccc3)n(C)n2)c1. The van der Waals surface area contributed by atoms with Gasteiger partial charge in [0.05, 0.1) is 17.8 Å². The van der Waals surface area contributed by atoms with Crippen LogP contribution in [0.25, 0.3) is 11.3 Å². The normalized spacial score (nSPS) is 12.8. The van der Waals surface area contributed by atoms with Crippen molar-refractivity contribution >= 4 is 5.91 Å². The Morgan fingerprint density at radius 3 is 2.37 bits per heavy atom. The first kappa shape index (κ1) is 27.2. The molecule has 2 unspecified atom stereocenters. The van der Waals surface area contributed by atoms with Crippen LogP contribution in [0.2, 0.25) is 0 Å². The quantitative estimate of drug-likeness (QED) is 0.275. The van der Waals surface area contributed by atoms with E-state index in [0.29, 0.717) is 12.1 Å². The number of aliphatic hydroxyl groups is 1. The highest BCUT2D eigenvalue weighted by molar-refractivity contribution is 5.93. The van der Waals surface area contributed by atoms with Gasteiger partial charge in [-0.2, -0.15) is 5.10 Å². The summed E-state index contributed by atoms with van der Waals surface area (Å²) in [5.41, 5.74) is 4.46. The van der Waals surface area contributed by atoms with E-state index >= 15 is 0 Å². The van der Waals surface area contributed by atoms with Crippen LogP contribution < -0.4 is 10.6 Å². The van der Waals surface area contributed by atoms with Crippen LogP contribution in [-0.4, -0.2) is 39.5 Å². The molecule has 3 aromatic carbocycles. The number of halogens is 2. The van der Waals surface area contributed by atoms with Gasteiger partial charge in [0.1, 0.15) is 11.6 Å². The Morgan fingerprint density at radius 2 is 1.66 bits per heavy atom. The predicted octanol–water partition coefficient (Wildman–Crippen LogP) is 4.42. The summed E-state index contributed by atoms with van der Waals surface area (Å²) in [6.07, 6.45) is -0.0710. The van der Waals surface area contributed by atoms with Crippen molar-refractivity contribution in [1.82, 2.24) is 20.4 Å². The highest BCUT2D eigenvalue weighted by atomic mass is 19.1. The van der Waals surface area contributed by atoms with Gasteiger partial charge in [-0.05, 0) is 53.3 Å². The van der Waals surface area contributed by atoms with Crippen molar-refractivity contribution in [3.05, 3.63) is 113 Å². The minimum Gasteiger partial charge on any atom is -0.390 e. The zero-order chi connectivity index (χ0) is 27.1.